The van der Waals surface area contributed by atoms with E-state index in [1.807, 2.05) is 0 Å². The van der Waals surface area contributed by atoms with Gasteiger partial charge in [0.25, 0.3) is 0 Å². The molecule has 3 heteroatoms. The van der Waals surface area contributed by atoms with Crippen molar-refractivity contribution in [2.45, 2.75) is 39.5 Å². The van der Waals surface area contributed by atoms with Crippen LogP contribution in [0, 0.1) is 5.92 Å². The first-order valence-corrected chi connectivity index (χ1v) is 7.02. The van der Waals surface area contributed by atoms with Crippen molar-refractivity contribution in [3.05, 3.63) is 0 Å². The lowest BCUT2D eigenvalue weighted by Gasteiger charge is -2.16. The summed E-state index contributed by atoms with van der Waals surface area (Å²) in [5.74, 6) is 1.54. The molecule has 0 saturated heterocycles. The average molecular weight is 250 g/mol. The van der Waals surface area contributed by atoms with E-state index in [1.54, 1.807) is 0 Å². The van der Waals surface area contributed by atoms with Crippen molar-refractivity contribution in [1.29, 1.82) is 0 Å². The van der Waals surface area contributed by atoms with E-state index < -0.39 is 0 Å². The molecule has 16 heavy (non-hydrogen) atoms. The van der Waals surface area contributed by atoms with E-state index in [9.17, 15) is 0 Å². The third-order valence-corrected chi connectivity index (χ3v) is 2.90. The molecule has 0 aliphatic heterocycles. The third kappa shape index (κ3) is 12.3. The minimum absolute atomic E-state index is 0.744. The quantitative estimate of drug-likeness (QED) is 0.411. The molecule has 0 saturated carbocycles. The van der Waals surface area contributed by atoms with Crippen LogP contribution >= 0.6 is 11.6 Å². The van der Waals surface area contributed by atoms with Crippen molar-refractivity contribution in [3.8, 4) is 0 Å². The van der Waals surface area contributed by atoms with Gasteiger partial charge >= 0.3 is 0 Å². The Balaban J connectivity index is 3.14. The smallest absolute Gasteiger partial charge is 0.0593 e. The van der Waals surface area contributed by atoms with E-state index in [0.29, 0.717) is 0 Å². The van der Waals surface area contributed by atoms with Gasteiger partial charge in [-0.3, -0.25) is 0 Å². The molecule has 0 rings (SSSR count). The average Bonchev–Trinajstić information content (AvgIpc) is 2.23. The zero-order chi connectivity index (χ0) is 12.2. The van der Waals surface area contributed by atoms with Gasteiger partial charge in [0.15, 0.2) is 0 Å². The van der Waals surface area contributed by atoms with Gasteiger partial charge in [0.1, 0.15) is 0 Å². The number of likely N-dealkylation sites (N-methyl/N-ethyl adjacent to an activating group) is 1. The van der Waals surface area contributed by atoms with Crippen molar-refractivity contribution < 1.29 is 4.74 Å². The van der Waals surface area contributed by atoms with Crippen LogP contribution in [0.25, 0.3) is 0 Å². The zero-order valence-electron chi connectivity index (χ0n) is 11.2. The summed E-state index contributed by atoms with van der Waals surface area (Å²) in [6, 6.07) is 0. The van der Waals surface area contributed by atoms with Gasteiger partial charge in [-0.2, -0.15) is 0 Å². The van der Waals surface area contributed by atoms with Crippen LogP contribution in [0.3, 0.4) is 0 Å². The molecule has 0 heterocycles. The van der Waals surface area contributed by atoms with Crippen LogP contribution in [0.1, 0.15) is 39.5 Å². The third-order valence-electron chi connectivity index (χ3n) is 2.63. The predicted molar refractivity (Wildman–Crippen MR) is 72.3 cm³/mol. The van der Waals surface area contributed by atoms with Crippen molar-refractivity contribution in [2.75, 3.05) is 39.2 Å². The predicted octanol–water partition coefficient (Wildman–Crippen LogP) is 3.39. The lowest BCUT2D eigenvalue weighted by atomic mass is 10.1. The number of unbranched alkanes of at least 4 members (excludes halogenated alkanes) is 2. The minimum atomic E-state index is 0.744. The number of halogens is 1. The second-order valence-electron chi connectivity index (χ2n) is 4.85. The highest BCUT2D eigenvalue weighted by atomic mass is 35.5. The summed E-state index contributed by atoms with van der Waals surface area (Å²) in [7, 11) is 2.16. The molecule has 0 aromatic heterocycles. The van der Waals surface area contributed by atoms with Crippen molar-refractivity contribution in [1.82, 2.24) is 4.90 Å². The summed E-state index contributed by atoms with van der Waals surface area (Å²) in [5, 5.41) is 0. The standard InChI is InChI=1S/C13H28ClNO/c1-13(2)7-11-16-12-10-15(3)9-6-4-5-8-14/h13H,4-12H2,1-3H3. The van der Waals surface area contributed by atoms with Gasteiger partial charge in [-0.15, -0.1) is 11.6 Å². The Bertz CT molecular complexity index is 142. The van der Waals surface area contributed by atoms with Gasteiger partial charge in [0.2, 0.25) is 0 Å². The van der Waals surface area contributed by atoms with Crippen LogP contribution in [0.5, 0.6) is 0 Å². The van der Waals surface area contributed by atoms with Gasteiger partial charge in [-0.05, 0) is 38.8 Å². The molecule has 0 amide bonds. The van der Waals surface area contributed by atoms with Gasteiger partial charge in [-0.1, -0.05) is 20.3 Å². The first-order chi connectivity index (χ1) is 7.66. The summed E-state index contributed by atoms with van der Waals surface area (Å²) in [4.78, 5) is 2.34. The van der Waals surface area contributed by atoms with Gasteiger partial charge in [-0.25, -0.2) is 0 Å². The summed E-state index contributed by atoms with van der Waals surface area (Å²) in [6.45, 7) is 8.42. The van der Waals surface area contributed by atoms with Crippen LogP contribution in [0.15, 0.2) is 0 Å². The molecule has 0 aliphatic carbocycles. The van der Waals surface area contributed by atoms with E-state index in [-0.39, 0.29) is 0 Å². The molecule has 2 nitrogen and oxygen atoms in total. The number of nitrogens with zero attached hydrogens (tertiary/aromatic N) is 1. The topological polar surface area (TPSA) is 12.5 Å². The molecule has 0 radical (unpaired) electrons. The fourth-order valence-corrected chi connectivity index (χ4v) is 1.60. The van der Waals surface area contributed by atoms with Gasteiger partial charge < -0.3 is 9.64 Å². The number of alkyl halides is 1. The van der Waals surface area contributed by atoms with E-state index in [1.165, 1.54) is 19.3 Å². The molecule has 0 spiro atoms. The maximum absolute atomic E-state index is 5.63. The van der Waals surface area contributed by atoms with Gasteiger partial charge in [0, 0.05) is 19.0 Å². The lowest BCUT2D eigenvalue weighted by Crippen LogP contribution is -2.24. The highest BCUT2D eigenvalue weighted by Crippen LogP contribution is 2.00. The Morgan fingerprint density at radius 3 is 2.44 bits per heavy atom. The molecule has 98 valence electrons. The molecule has 0 fully saturated rings. The molecule has 0 aromatic rings. The molecular formula is C13H28ClNO. The van der Waals surface area contributed by atoms with E-state index in [2.05, 4.69) is 25.8 Å². The number of hydrogen-bond donors (Lipinski definition) is 0. The van der Waals surface area contributed by atoms with Gasteiger partial charge in [0.05, 0.1) is 6.61 Å². The van der Waals surface area contributed by atoms with Crippen molar-refractivity contribution >= 4 is 11.6 Å². The normalized spacial score (nSPS) is 11.6. The van der Waals surface area contributed by atoms with Crippen molar-refractivity contribution in [2.24, 2.45) is 5.92 Å². The summed E-state index contributed by atoms with van der Waals surface area (Å²) in [5.41, 5.74) is 0. The van der Waals surface area contributed by atoms with Crippen LogP contribution < -0.4 is 0 Å². The maximum atomic E-state index is 5.63. The largest absolute Gasteiger partial charge is 0.380 e. The Morgan fingerprint density at radius 2 is 1.81 bits per heavy atom. The minimum Gasteiger partial charge on any atom is -0.380 e. The fourth-order valence-electron chi connectivity index (χ4n) is 1.41. The summed E-state index contributed by atoms with van der Waals surface area (Å²) >= 11 is 5.63. The van der Waals surface area contributed by atoms with E-state index in [0.717, 1.165) is 44.5 Å². The molecule has 0 aromatic carbocycles. The van der Waals surface area contributed by atoms with Crippen LogP contribution in [0.4, 0.5) is 0 Å². The number of hydrogen-bond acceptors (Lipinski definition) is 2. The summed E-state index contributed by atoms with van der Waals surface area (Å²) in [6.07, 6.45) is 4.79. The molecule has 0 aliphatic rings. The fraction of sp³-hybridized carbons (Fsp3) is 1.00. The van der Waals surface area contributed by atoms with Crippen LogP contribution in [-0.2, 0) is 4.74 Å². The molecule has 0 bridgehead atoms. The van der Waals surface area contributed by atoms with Crippen LogP contribution in [0.2, 0.25) is 0 Å². The zero-order valence-corrected chi connectivity index (χ0v) is 11.9. The second kappa shape index (κ2) is 11.7. The Labute approximate surface area is 106 Å². The SMILES string of the molecule is CC(C)CCOCCN(C)CCCCCCl. The Hall–Kier alpha value is 0.210. The highest BCUT2D eigenvalue weighted by molar-refractivity contribution is 6.17. The first-order valence-electron chi connectivity index (χ1n) is 6.49. The Morgan fingerprint density at radius 1 is 1.06 bits per heavy atom. The summed E-state index contributed by atoms with van der Waals surface area (Å²) < 4.78 is 5.58. The lowest BCUT2D eigenvalue weighted by molar-refractivity contribution is 0.103. The van der Waals surface area contributed by atoms with E-state index in [4.69, 9.17) is 16.3 Å². The molecular weight excluding hydrogens is 222 g/mol. The molecule has 0 unspecified atom stereocenters. The highest BCUT2D eigenvalue weighted by Gasteiger charge is 1.99. The number of rotatable bonds is 11. The first kappa shape index (κ1) is 16.2. The van der Waals surface area contributed by atoms with Crippen molar-refractivity contribution in [3.63, 3.8) is 0 Å². The van der Waals surface area contributed by atoms with E-state index >= 15 is 0 Å². The Kier molecular flexibility index (Phi) is 11.8. The molecule has 0 atom stereocenters. The second-order valence-corrected chi connectivity index (χ2v) is 5.23. The van der Waals surface area contributed by atoms with Crippen LogP contribution in [-0.4, -0.2) is 44.1 Å². The molecule has 0 N–H and O–H groups in total. The monoisotopic (exact) mass is 249 g/mol. The maximum Gasteiger partial charge on any atom is 0.0593 e. The number of ether oxygens (including phenoxy) is 1.